The zero-order valence-electron chi connectivity index (χ0n) is 18.8. The van der Waals surface area contributed by atoms with Crippen LogP contribution in [0.15, 0.2) is 119 Å². The fraction of sp³-hybridized carbons (Fsp3) is 0.0357. The summed E-state index contributed by atoms with van der Waals surface area (Å²) in [6.45, 7) is 0.423. The molecule has 0 unspecified atom stereocenters. The van der Waals surface area contributed by atoms with Gasteiger partial charge in [-0.3, -0.25) is 0 Å². The topological polar surface area (TPSA) is 85.0 Å². The van der Waals surface area contributed by atoms with Crippen LogP contribution in [0.5, 0.6) is 17.2 Å². The van der Waals surface area contributed by atoms with Crippen LogP contribution in [0.2, 0.25) is 0 Å². The van der Waals surface area contributed by atoms with Crippen LogP contribution in [0.4, 0.5) is 0 Å². The Morgan fingerprint density at radius 2 is 1.14 bits per heavy atom. The Balaban J connectivity index is 1.21. The lowest BCUT2D eigenvalue weighted by molar-refractivity contribution is 0.132. The average Bonchev–Trinajstić information content (AvgIpc) is 2.89. The first kappa shape index (κ1) is 23.3. The van der Waals surface area contributed by atoms with Gasteiger partial charge in [0.05, 0.1) is 18.6 Å². The zero-order valence-corrected chi connectivity index (χ0v) is 18.8. The summed E-state index contributed by atoms with van der Waals surface area (Å²) in [5.74, 6) is 1.35. The van der Waals surface area contributed by atoms with E-state index in [0.29, 0.717) is 18.1 Å². The molecule has 0 aromatic heterocycles. The van der Waals surface area contributed by atoms with Crippen molar-refractivity contribution in [3.63, 3.8) is 0 Å². The molecule has 0 atom stereocenters. The third kappa shape index (κ3) is 7.87. The van der Waals surface area contributed by atoms with Gasteiger partial charge in [0, 0.05) is 0 Å². The summed E-state index contributed by atoms with van der Waals surface area (Å²) in [7, 11) is 0. The lowest BCUT2D eigenvalue weighted by Gasteiger charge is -2.01. The minimum atomic E-state index is 0.175. The van der Waals surface area contributed by atoms with Crippen LogP contribution in [0.3, 0.4) is 0 Å². The summed E-state index contributed by atoms with van der Waals surface area (Å²) >= 11 is 0. The highest BCUT2D eigenvalue weighted by atomic mass is 16.6. The number of rotatable bonds is 10. The third-order valence-electron chi connectivity index (χ3n) is 4.70. The fourth-order valence-corrected chi connectivity index (χ4v) is 2.91. The molecule has 35 heavy (non-hydrogen) atoms. The number of benzene rings is 4. The highest BCUT2D eigenvalue weighted by molar-refractivity contribution is 5.80. The molecule has 1 N–H and O–H groups in total. The Kier molecular flexibility index (Phi) is 8.21. The number of hydrogen-bond acceptors (Lipinski definition) is 7. The lowest BCUT2D eigenvalue weighted by atomic mass is 10.2. The normalized spacial score (nSPS) is 11.3. The predicted octanol–water partition coefficient (Wildman–Crippen LogP) is 5.77. The van der Waals surface area contributed by atoms with Crippen molar-refractivity contribution in [3.8, 4) is 17.2 Å². The molecule has 0 fully saturated rings. The van der Waals surface area contributed by atoms with Gasteiger partial charge in [0.1, 0.15) is 12.4 Å². The van der Waals surface area contributed by atoms with Crippen molar-refractivity contribution in [2.24, 2.45) is 15.5 Å². The summed E-state index contributed by atoms with van der Waals surface area (Å²) in [6, 6.07) is 31.1. The molecule has 0 radical (unpaired) electrons. The van der Waals surface area contributed by atoms with E-state index >= 15 is 0 Å². The van der Waals surface area contributed by atoms with E-state index in [1.807, 2.05) is 60.7 Å². The second-order valence-corrected chi connectivity index (χ2v) is 7.38. The summed E-state index contributed by atoms with van der Waals surface area (Å²) in [5.41, 5.74) is 3.53. The molecule has 0 saturated carbocycles. The monoisotopic (exact) mass is 465 g/mol. The molecular weight excluding hydrogens is 442 g/mol. The molecule has 0 bridgehead atoms. The maximum absolute atomic E-state index is 9.45. The van der Waals surface area contributed by atoms with Gasteiger partial charge in [0.25, 0.3) is 0 Å². The Bertz CT molecular complexity index is 1290. The first-order valence-corrected chi connectivity index (χ1v) is 10.8. The molecule has 4 aromatic rings. The van der Waals surface area contributed by atoms with Gasteiger partial charge in [-0.1, -0.05) is 57.9 Å². The van der Waals surface area contributed by atoms with E-state index in [-0.39, 0.29) is 5.75 Å². The number of oxime groups is 3. The Hall–Kier alpha value is -4.91. The van der Waals surface area contributed by atoms with Crippen LogP contribution >= 0.6 is 0 Å². The van der Waals surface area contributed by atoms with Gasteiger partial charge >= 0.3 is 0 Å². The summed E-state index contributed by atoms with van der Waals surface area (Å²) < 4.78 is 0. The van der Waals surface area contributed by atoms with Crippen molar-refractivity contribution in [1.82, 2.24) is 0 Å². The minimum Gasteiger partial charge on any atom is -0.508 e. The molecule has 0 aliphatic carbocycles. The maximum Gasteiger partial charge on any atom is 0.158 e. The van der Waals surface area contributed by atoms with E-state index in [9.17, 15) is 5.11 Å². The quantitative estimate of drug-likeness (QED) is 0.238. The van der Waals surface area contributed by atoms with Gasteiger partial charge in [-0.25, -0.2) is 0 Å². The van der Waals surface area contributed by atoms with E-state index in [4.69, 9.17) is 14.5 Å². The maximum atomic E-state index is 9.45. The molecule has 0 heterocycles. The number of hydrogen-bond donors (Lipinski definition) is 1. The molecule has 174 valence electrons. The second kappa shape index (κ2) is 12.4. The predicted molar refractivity (Wildman–Crippen MR) is 136 cm³/mol. The second-order valence-electron chi connectivity index (χ2n) is 7.38. The fourth-order valence-electron chi connectivity index (χ4n) is 2.91. The first-order chi connectivity index (χ1) is 17.2. The molecule has 0 spiro atoms. The van der Waals surface area contributed by atoms with Crippen molar-refractivity contribution < 1.29 is 19.6 Å². The zero-order chi connectivity index (χ0) is 24.1. The molecule has 0 saturated heterocycles. The molecule has 4 rings (SSSR count). The van der Waals surface area contributed by atoms with Gasteiger partial charge in [-0.15, -0.1) is 0 Å². The summed E-state index contributed by atoms with van der Waals surface area (Å²) in [6.07, 6.45) is 4.78. The van der Waals surface area contributed by atoms with Crippen molar-refractivity contribution in [3.05, 3.63) is 125 Å². The van der Waals surface area contributed by atoms with E-state index in [0.717, 1.165) is 22.3 Å². The van der Waals surface area contributed by atoms with E-state index < -0.39 is 0 Å². The molecule has 0 aliphatic heterocycles. The van der Waals surface area contributed by atoms with Crippen molar-refractivity contribution in [2.75, 3.05) is 0 Å². The van der Waals surface area contributed by atoms with Gasteiger partial charge in [-0.05, 0) is 82.9 Å². The van der Waals surface area contributed by atoms with Crippen LogP contribution in [0.25, 0.3) is 0 Å². The largest absolute Gasteiger partial charge is 0.508 e. The third-order valence-corrected chi connectivity index (χ3v) is 4.70. The Morgan fingerprint density at radius 1 is 0.571 bits per heavy atom. The van der Waals surface area contributed by atoms with E-state index in [1.165, 1.54) is 6.21 Å². The van der Waals surface area contributed by atoms with E-state index in [2.05, 4.69) is 15.5 Å². The van der Waals surface area contributed by atoms with Gasteiger partial charge in [0.15, 0.2) is 11.5 Å². The van der Waals surface area contributed by atoms with Gasteiger partial charge in [0.2, 0.25) is 0 Å². The first-order valence-electron chi connectivity index (χ1n) is 10.8. The lowest BCUT2D eigenvalue weighted by Crippen LogP contribution is -1.90. The highest BCUT2D eigenvalue weighted by Gasteiger charge is 1.96. The van der Waals surface area contributed by atoms with Crippen molar-refractivity contribution in [2.45, 2.75) is 6.61 Å². The summed E-state index contributed by atoms with van der Waals surface area (Å²) in [5, 5.41) is 21.4. The molecule has 0 amide bonds. The molecule has 7 nitrogen and oxygen atoms in total. The standard InChI is InChI=1S/C28H23N3O4/c32-26-8-4-7-25(17-26)20-31-35-28-15-11-23(12-16-28)19-30-34-27-13-9-22(10-14-27)18-29-33-21-24-5-2-1-3-6-24/h1-20,32H,21H2/b29-18+,30-19+,31-20+. The number of phenols is 1. The molecule has 0 aliphatic rings. The Morgan fingerprint density at radius 3 is 1.74 bits per heavy atom. The number of nitrogens with zero attached hydrogens (tertiary/aromatic N) is 3. The van der Waals surface area contributed by atoms with E-state index in [1.54, 1.807) is 54.9 Å². The molecule has 4 aromatic carbocycles. The minimum absolute atomic E-state index is 0.175. The van der Waals surface area contributed by atoms with Gasteiger partial charge in [-0.2, -0.15) is 0 Å². The smallest absolute Gasteiger partial charge is 0.158 e. The SMILES string of the molecule is Oc1cccc(/C=N/Oc2ccc(/C=N/Oc3ccc(/C=N/OCc4ccccc4)cc3)cc2)c1. The van der Waals surface area contributed by atoms with Crippen LogP contribution in [0.1, 0.15) is 22.3 Å². The Labute approximate surface area is 203 Å². The van der Waals surface area contributed by atoms with Crippen LogP contribution in [-0.4, -0.2) is 23.8 Å². The van der Waals surface area contributed by atoms with Crippen LogP contribution in [0, 0.1) is 0 Å². The average molecular weight is 466 g/mol. The highest BCUT2D eigenvalue weighted by Crippen LogP contribution is 2.14. The summed E-state index contributed by atoms with van der Waals surface area (Å²) in [4.78, 5) is 16.1. The molecule has 7 heteroatoms. The van der Waals surface area contributed by atoms with Crippen molar-refractivity contribution >= 4 is 18.6 Å². The number of aromatic hydroxyl groups is 1. The van der Waals surface area contributed by atoms with Gasteiger partial charge < -0.3 is 19.6 Å². The van der Waals surface area contributed by atoms with Crippen LogP contribution < -0.4 is 9.68 Å². The van der Waals surface area contributed by atoms with Crippen LogP contribution in [-0.2, 0) is 11.4 Å². The van der Waals surface area contributed by atoms with Crippen molar-refractivity contribution in [1.29, 1.82) is 0 Å². The molecular formula is C28H23N3O4. The number of phenolic OH excluding ortho intramolecular Hbond substituents is 1.